The van der Waals surface area contributed by atoms with Gasteiger partial charge >= 0.3 is 0 Å². The highest BCUT2D eigenvalue weighted by atomic mass is 35.5. The second-order valence-electron chi connectivity index (χ2n) is 2.17. The van der Waals surface area contributed by atoms with Gasteiger partial charge in [-0.1, -0.05) is 0 Å². The Kier molecular flexibility index (Phi) is 2.77. The summed E-state index contributed by atoms with van der Waals surface area (Å²) >= 11 is 4.98. The molecule has 70 valence electrons. The highest BCUT2D eigenvalue weighted by Gasteiger charge is 2.19. The number of nitrogens with zero attached hydrogens (tertiary/aromatic N) is 1. The fourth-order valence-corrected chi connectivity index (χ4v) is 0.927. The lowest BCUT2D eigenvalue weighted by molar-refractivity contribution is 0.107. The maximum Gasteiger partial charge on any atom is 0.274 e. The van der Waals surface area contributed by atoms with Gasteiger partial charge in [0.25, 0.3) is 11.7 Å². The summed E-state index contributed by atoms with van der Waals surface area (Å²) in [5, 5.41) is 8.01. The molecule has 13 heavy (non-hydrogen) atoms. The summed E-state index contributed by atoms with van der Waals surface area (Å²) in [6, 6.07) is 0.920. The molecule has 0 fully saturated rings. The third kappa shape index (κ3) is 1.92. The van der Waals surface area contributed by atoms with Gasteiger partial charge in [0, 0.05) is 6.20 Å². The molecule has 1 aromatic heterocycles. The number of pyridine rings is 1. The highest BCUT2D eigenvalue weighted by Crippen LogP contribution is 2.30. The average Bonchev–Trinajstić information content (AvgIpc) is 2.03. The molecule has 1 aromatic rings. The van der Waals surface area contributed by atoms with Crippen LogP contribution in [0.2, 0.25) is 0 Å². The second kappa shape index (κ2) is 3.66. The van der Waals surface area contributed by atoms with Gasteiger partial charge < -0.3 is 5.11 Å². The molecule has 0 saturated heterocycles. The van der Waals surface area contributed by atoms with Crippen LogP contribution in [0.25, 0.3) is 0 Å². The van der Waals surface area contributed by atoms with Crippen LogP contribution in [0, 0.1) is 0 Å². The molecule has 0 aromatic carbocycles. The molecule has 1 N–H and O–H groups in total. The Hall–Kier alpha value is -1.23. The van der Waals surface area contributed by atoms with Crippen LogP contribution in [0.1, 0.15) is 22.5 Å². The summed E-state index contributed by atoms with van der Waals surface area (Å²) in [6.45, 7) is 0. The van der Waals surface area contributed by atoms with Crippen molar-refractivity contribution in [3.05, 3.63) is 23.5 Å². The molecule has 0 aliphatic rings. The van der Waals surface area contributed by atoms with Gasteiger partial charge in [0.1, 0.15) is 0 Å². The van der Waals surface area contributed by atoms with E-state index >= 15 is 0 Å². The molecule has 0 atom stereocenters. The molecule has 0 radical (unpaired) electrons. The Labute approximate surface area is 77.0 Å². The van der Waals surface area contributed by atoms with E-state index in [9.17, 15) is 13.6 Å². The van der Waals surface area contributed by atoms with E-state index < -0.39 is 28.7 Å². The molecule has 3 nitrogen and oxygen atoms in total. The molecule has 1 heterocycles. The minimum atomic E-state index is -2.86. The first-order valence-corrected chi connectivity index (χ1v) is 3.57. The van der Waals surface area contributed by atoms with Crippen molar-refractivity contribution in [2.45, 2.75) is 6.43 Å². The van der Waals surface area contributed by atoms with Gasteiger partial charge in [-0.15, -0.1) is 0 Å². The van der Waals surface area contributed by atoms with Crippen molar-refractivity contribution in [2.24, 2.45) is 0 Å². The predicted octanol–water partition coefficient (Wildman–Crippen LogP) is 2.10. The second-order valence-corrected chi connectivity index (χ2v) is 2.52. The van der Waals surface area contributed by atoms with Crippen molar-refractivity contribution in [1.82, 2.24) is 4.98 Å². The molecule has 6 heteroatoms. The van der Waals surface area contributed by atoms with Crippen molar-refractivity contribution in [3.63, 3.8) is 0 Å². The van der Waals surface area contributed by atoms with Crippen molar-refractivity contribution in [2.75, 3.05) is 0 Å². The minimum Gasteiger partial charge on any atom is -0.505 e. The van der Waals surface area contributed by atoms with E-state index in [0.29, 0.717) is 0 Å². The zero-order valence-corrected chi connectivity index (χ0v) is 6.92. The number of rotatable bonds is 2. The quantitative estimate of drug-likeness (QED) is 0.756. The van der Waals surface area contributed by atoms with Crippen molar-refractivity contribution >= 4 is 16.8 Å². The lowest BCUT2D eigenvalue weighted by Gasteiger charge is -2.04. The van der Waals surface area contributed by atoms with Crippen LogP contribution in [-0.2, 0) is 0 Å². The first-order valence-electron chi connectivity index (χ1n) is 3.20. The predicted molar refractivity (Wildman–Crippen MR) is 41.0 cm³/mol. The summed E-state index contributed by atoms with van der Waals surface area (Å²) in [4.78, 5) is 13.9. The first-order chi connectivity index (χ1) is 6.04. The molecule has 1 rings (SSSR count). The van der Waals surface area contributed by atoms with E-state index in [2.05, 4.69) is 4.98 Å². The number of aromatic nitrogens is 1. The Morgan fingerprint density at radius 2 is 2.23 bits per heavy atom. The number of hydrogen-bond acceptors (Lipinski definition) is 3. The van der Waals surface area contributed by atoms with Crippen LogP contribution >= 0.6 is 11.6 Å². The summed E-state index contributed by atoms with van der Waals surface area (Å²) in [5.41, 5.74) is -1.21. The topological polar surface area (TPSA) is 50.2 Å². The third-order valence-corrected chi connectivity index (χ3v) is 1.56. The van der Waals surface area contributed by atoms with Crippen LogP contribution in [0.5, 0.6) is 5.75 Å². The minimum absolute atomic E-state index is 0.556. The van der Waals surface area contributed by atoms with E-state index in [4.69, 9.17) is 16.7 Å². The van der Waals surface area contributed by atoms with Crippen molar-refractivity contribution in [1.29, 1.82) is 0 Å². The zero-order valence-electron chi connectivity index (χ0n) is 6.17. The Morgan fingerprint density at radius 1 is 1.62 bits per heavy atom. The van der Waals surface area contributed by atoms with Crippen LogP contribution in [0.15, 0.2) is 12.3 Å². The molecule has 0 unspecified atom stereocenters. The van der Waals surface area contributed by atoms with Gasteiger partial charge in [0.15, 0.2) is 11.4 Å². The van der Waals surface area contributed by atoms with Gasteiger partial charge in [-0.25, -0.2) is 13.8 Å². The number of aromatic hydroxyl groups is 1. The summed E-state index contributed by atoms with van der Waals surface area (Å²) in [6.07, 6.45) is -1.88. The molecule has 0 aliphatic heterocycles. The lowest BCUT2D eigenvalue weighted by Crippen LogP contribution is -1.97. The number of carbonyl (C=O) groups excluding carboxylic acids is 1. The molecular formula is C7H4ClF2NO2. The van der Waals surface area contributed by atoms with E-state index in [-0.39, 0.29) is 0 Å². The monoisotopic (exact) mass is 207 g/mol. The fraction of sp³-hybridized carbons (Fsp3) is 0.143. The Balaban J connectivity index is 3.26. The Morgan fingerprint density at radius 3 is 2.69 bits per heavy atom. The maximum absolute atomic E-state index is 12.1. The van der Waals surface area contributed by atoms with E-state index in [1.807, 2.05) is 0 Å². The highest BCUT2D eigenvalue weighted by molar-refractivity contribution is 6.67. The Bertz CT molecular complexity index is 343. The average molecular weight is 208 g/mol. The number of halogens is 3. The summed E-state index contributed by atoms with van der Waals surface area (Å²) < 4.78 is 24.3. The van der Waals surface area contributed by atoms with E-state index in [1.54, 1.807) is 0 Å². The van der Waals surface area contributed by atoms with Crippen LogP contribution in [0.4, 0.5) is 8.78 Å². The van der Waals surface area contributed by atoms with Crippen molar-refractivity contribution < 1.29 is 18.7 Å². The molecule has 0 spiro atoms. The standard InChI is InChI=1S/C7H4ClF2NO2/c8-6(13)4-5(12)3(7(9)10)1-2-11-4/h1-2,7,12H. The SMILES string of the molecule is O=C(Cl)c1nccc(C(F)F)c1O. The fourth-order valence-electron chi connectivity index (χ4n) is 0.789. The molecule has 0 saturated carbocycles. The van der Waals surface area contributed by atoms with Gasteiger partial charge in [-0.3, -0.25) is 4.79 Å². The molecule has 0 amide bonds. The largest absolute Gasteiger partial charge is 0.505 e. The third-order valence-electron chi connectivity index (χ3n) is 1.38. The van der Waals surface area contributed by atoms with Crippen molar-refractivity contribution in [3.8, 4) is 5.75 Å². The van der Waals surface area contributed by atoms with E-state index in [0.717, 1.165) is 12.3 Å². The summed E-state index contributed by atoms with van der Waals surface area (Å²) in [5.74, 6) is -0.863. The number of carbonyl (C=O) groups is 1. The van der Waals surface area contributed by atoms with Gasteiger partial charge in [-0.2, -0.15) is 0 Å². The number of hydrogen-bond donors (Lipinski definition) is 1. The lowest BCUT2D eigenvalue weighted by atomic mass is 10.2. The zero-order chi connectivity index (χ0) is 10.0. The maximum atomic E-state index is 12.1. The number of alkyl halides is 2. The first kappa shape index (κ1) is 9.85. The van der Waals surface area contributed by atoms with Crippen LogP contribution < -0.4 is 0 Å². The molecular weight excluding hydrogens is 204 g/mol. The molecule has 0 aliphatic carbocycles. The summed E-state index contributed by atoms with van der Waals surface area (Å²) in [7, 11) is 0. The van der Waals surface area contributed by atoms with Crippen LogP contribution in [-0.4, -0.2) is 15.3 Å². The normalized spacial score (nSPS) is 10.5. The molecule has 0 bridgehead atoms. The van der Waals surface area contributed by atoms with Gasteiger partial charge in [0.05, 0.1) is 5.56 Å². The van der Waals surface area contributed by atoms with Gasteiger partial charge in [0.2, 0.25) is 0 Å². The van der Waals surface area contributed by atoms with Gasteiger partial charge in [-0.05, 0) is 17.7 Å². The van der Waals surface area contributed by atoms with Crippen LogP contribution in [0.3, 0.4) is 0 Å². The smallest absolute Gasteiger partial charge is 0.274 e. The van der Waals surface area contributed by atoms with E-state index in [1.165, 1.54) is 0 Å².